The molecule has 10 heteroatoms. The van der Waals surface area contributed by atoms with Gasteiger partial charge in [0, 0.05) is 43.9 Å². The van der Waals surface area contributed by atoms with Gasteiger partial charge in [-0.15, -0.1) is 0 Å². The van der Waals surface area contributed by atoms with E-state index in [1.54, 1.807) is 30.1 Å². The van der Waals surface area contributed by atoms with Crippen molar-refractivity contribution in [2.75, 3.05) is 38.8 Å². The Bertz CT molecular complexity index is 887. The lowest BCUT2D eigenvalue weighted by Gasteiger charge is -2.30. The van der Waals surface area contributed by atoms with Gasteiger partial charge in [0.1, 0.15) is 11.9 Å². The van der Waals surface area contributed by atoms with E-state index in [1.807, 2.05) is 20.8 Å². The van der Waals surface area contributed by atoms with Crippen molar-refractivity contribution in [3.05, 3.63) is 23.8 Å². The second kappa shape index (κ2) is 9.65. The van der Waals surface area contributed by atoms with Crippen LogP contribution >= 0.6 is 0 Å². The third-order valence-electron chi connectivity index (χ3n) is 4.98. The highest BCUT2D eigenvalue weighted by molar-refractivity contribution is 7.88. The van der Waals surface area contributed by atoms with Gasteiger partial charge in [-0.25, -0.2) is 17.5 Å². The fourth-order valence-electron chi connectivity index (χ4n) is 3.17. The second-order valence-electron chi connectivity index (χ2n) is 8.20. The van der Waals surface area contributed by atoms with Crippen LogP contribution in [0.4, 0.5) is 10.5 Å². The lowest BCUT2D eigenvalue weighted by molar-refractivity contribution is -0.129. The number of carbonyl (C=O) groups excluding carboxylic acids is 2. The van der Waals surface area contributed by atoms with Gasteiger partial charge in [-0.1, -0.05) is 6.92 Å². The molecule has 1 aromatic rings. The molecule has 0 aromatic heterocycles. The van der Waals surface area contributed by atoms with Gasteiger partial charge < -0.3 is 20.3 Å². The molecule has 3 amide bonds. The summed E-state index contributed by atoms with van der Waals surface area (Å²) in [6.45, 7) is 6.26. The minimum Gasteiger partial charge on any atom is -0.488 e. The van der Waals surface area contributed by atoms with Crippen LogP contribution in [0.15, 0.2) is 18.2 Å². The SMILES string of the molecule is CC(C)NC(=O)Nc1ccc2c(c1)CC(=O)N(C)C[C@H](C)[C@@H](CN(C)S(C)(=O)=O)O2. The number of carbonyl (C=O) groups is 2. The number of anilines is 1. The maximum atomic E-state index is 12.7. The van der Waals surface area contributed by atoms with Crippen LogP contribution in [0, 0.1) is 5.92 Å². The van der Waals surface area contributed by atoms with Gasteiger partial charge in [0.15, 0.2) is 0 Å². The second-order valence-corrected chi connectivity index (χ2v) is 10.3. The quantitative estimate of drug-likeness (QED) is 0.722. The molecule has 1 aliphatic rings. The molecule has 1 aromatic carbocycles. The topological polar surface area (TPSA) is 108 Å². The predicted octanol–water partition coefficient (Wildman–Crippen LogP) is 1.51. The number of sulfonamides is 1. The molecular weight excluding hydrogens is 408 g/mol. The van der Waals surface area contributed by atoms with Gasteiger partial charge in [0.2, 0.25) is 15.9 Å². The van der Waals surface area contributed by atoms with Crippen LogP contribution in [0.3, 0.4) is 0 Å². The minimum atomic E-state index is -3.37. The van der Waals surface area contributed by atoms with Crippen molar-refractivity contribution in [2.24, 2.45) is 5.92 Å². The van der Waals surface area contributed by atoms with E-state index in [0.29, 0.717) is 23.5 Å². The Balaban J connectivity index is 2.34. The Morgan fingerprint density at radius 3 is 2.63 bits per heavy atom. The van der Waals surface area contributed by atoms with Gasteiger partial charge in [0.25, 0.3) is 0 Å². The first-order valence-electron chi connectivity index (χ1n) is 9.89. The van der Waals surface area contributed by atoms with Gasteiger partial charge in [0.05, 0.1) is 19.2 Å². The summed E-state index contributed by atoms with van der Waals surface area (Å²) in [7, 11) is -0.140. The summed E-state index contributed by atoms with van der Waals surface area (Å²) in [6, 6.07) is 4.78. The van der Waals surface area contributed by atoms with Crippen LogP contribution < -0.4 is 15.4 Å². The van der Waals surface area contributed by atoms with Gasteiger partial charge in [-0.3, -0.25) is 4.79 Å². The highest BCUT2D eigenvalue weighted by Gasteiger charge is 2.29. The standard InChI is InChI=1S/C20H32N4O5S/c1-13(2)21-20(26)22-16-7-8-17-15(9-16)10-19(25)23(4)11-14(3)18(29-17)12-24(5)30(6,27)28/h7-9,13-14,18H,10-12H2,1-6H3,(H2,21,22,26)/t14-,18+/m0/s1. The highest BCUT2D eigenvalue weighted by Crippen LogP contribution is 2.28. The van der Waals surface area contributed by atoms with Gasteiger partial charge in [-0.2, -0.15) is 0 Å². The zero-order valence-electron chi connectivity index (χ0n) is 18.4. The highest BCUT2D eigenvalue weighted by atomic mass is 32.2. The Labute approximate surface area is 178 Å². The number of hydrogen-bond acceptors (Lipinski definition) is 5. The maximum Gasteiger partial charge on any atom is 0.319 e. The van der Waals surface area contributed by atoms with Gasteiger partial charge >= 0.3 is 6.03 Å². The molecule has 9 nitrogen and oxygen atoms in total. The summed E-state index contributed by atoms with van der Waals surface area (Å²) in [5.41, 5.74) is 1.18. The van der Waals surface area contributed by atoms with Crippen molar-refractivity contribution in [1.29, 1.82) is 0 Å². The number of amides is 3. The lowest BCUT2D eigenvalue weighted by Crippen LogP contribution is -2.43. The number of fused-ring (bicyclic) bond motifs is 1. The number of hydrogen-bond donors (Lipinski definition) is 2. The normalized spacial score (nSPS) is 20.1. The molecule has 168 valence electrons. The van der Waals surface area contributed by atoms with Crippen LogP contribution in [0.2, 0.25) is 0 Å². The molecule has 2 atom stereocenters. The molecule has 30 heavy (non-hydrogen) atoms. The fourth-order valence-corrected chi connectivity index (χ4v) is 3.59. The summed E-state index contributed by atoms with van der Waals surface area (Å²) in [5.74, 6) is 0.337. The zero-order chi connectivity index (χ0) is 22.6. The van der Waals surface area contributed by atoms with Crippen LogP contribution in [-0.2, 0) is 21.2 Å². The first kappa shape index (κ1) is 23.9. The van der Waals surface area contributed by atoms with Crippen molar-refractivity contribution in [3.63, 3.8) is 0 Å². The molecular formula is C20H32N4O5S. The van der Waals surface area contributed by atoms with Crippen molar-refractivity contribution in [3.8, 4) is 5.75 Å². The number of benzene rings is 1. The van der Waals surface area contributed by atoms with Crippen molar-refractivity contribution in [2.45, 2.75) is 39.3 Å². The van der Waals surface area contributed by atoms with E-state index in [9.17, 15) is 18.0 Å². The summed E-state index contributed by atoms with van der Waals surface area (Å²) >= 11 is 0. The van der Waals surface area contributed by atoms with Crippen LogP contribution in [0.5, 0.6) is 5.75 Å². The van der Waals surface area contributed by atoms with E-state index in [1.165, 1.54) is 11.4 Å². The molecule has 0 fully saturated rings. The van der Waals surface area contributed by atoms with E-state index >= 15 is 0 Å². The summed E-state index contributed by atoms with van der Waals surface area (Å²) in [6.07, 6.45) is 0.824. The predicted molar refractivity (Wildman–Crippen MR) is 116 cm³/mol. The molecule has 0 spiro atoms. The maximum absolute atomic E-state index is 12.7. The number of ether oxygens (including phenoxy) is 1. The number of nitrogens with one attached hydrogen (secondary N) is 2. The molecule has 2 rings (SSSR count). The third kappa shape index (κ3) is 6.60. The monoisotopic (exact) mass is 440 g/mol. The molecule has 0 saturated heterocycles. The van der Waals surface area contributed by atoms with E-state index in [2.05, 4.69) is 10.6 Å². The van der Waals surface area contributed by atoms with Crippen LogP contribution in [-0.4, -0.2) is 75.1 Å². The number of likely N-dealkylation sites (N-methyl/N-ethyl adjacent to an activating group) is 2. The molecule has 0 unspecified atom stereocenters. The van der Waals surface area contributed by atoms with Crippen molar-refractivity contribution < 1.29 is 22.7 Å². The number of urea groups is 1. The van der Waals surface area contributed by atoms with E-state index in [0.717, 1.165) is 6.26 Å². The molecule has 0 saturated carbocycles. The van der Waals surface area contributed by atoms with Crippen LogP contribution in [0.25, 0.3) is 0 Å². The molecule has 1 heterocycles. The number of rotatable bonds is 5. The van der Waals surface area contributed by atoms with E-state index in [-0.39, 0.29) is 36.9 Å². The largest absolute Gasteiger partial charge is 0.488 e. The van der Waals surface area contributed by atoms with E-state index in [4.69, 9.17) is 4.74 Å². The minimum absolute atomic E-state index is 0.00880. The van der Waals surface area contributed by atoms with Crippen molar-refractivity contribution in [1.82, 2.24) is 14.5 Å². The smallest absolute Gasteiger partial charge is 0.319 e. The van der Waals surface area contributed by atoms with Gasteiger partial charge in [-0.05, 0) is 32.0 Å². The Hall–Kier alpha value is -2.33. The number of nitrogens with zero attached hydrogens (tertiary/aromatic N) is 2. The molecule has 2 N–H and O–H groups in total. The van der Waals surface area contributed by atoms with Crippen LogP contribution in [0.1, 0.15) is 26.3 Å². The summed E-state index contributed by atoms with van der Waals surface area (Å²) in [5, 5.41) is 5.50. The third-order valence-corrected chi connectivity index (χ3v) is 6.27. The average molecular weight is 441 g/mol. The molecule has 0 radical (unpaired) electrons. The molecule has 1 aliphatic heterocycles. The van der Waals surface area contributed by atoms with Crippen molar-refractivity contribution >= 4 is 27.6 Å². The average Bonchev–Trinajstić information content (AvgIpc) is 2.64. The Kier molecular flexibility index (Phi) is 7.70. The summed E-state index contributed by atoms with van der Waals surface area (Å²) < 4.78 is 31.2. The summed E-state index contributed by atoms with van der Waals surface area (Å²) in [4.78, 5) is 26.3. The fraction of sp³-hybridized carbons (Fsp3) is 0.600. The first-order chi connectivity index (χ1) is 13.9. The van der Waals surface area contributed by atoms with E-state index < -0.39 is 16.1 Å². The molecule has 0 aliphatic carbocycles. The lowest BCUT2D eigenvalue weighted by atomic mass is 10.0. The first-order valence-corrected chi connectivity index (χ1v) is 11.7. The Morgan fingerprint density at radius 1 is 1.37 bits per heavy atom. The zero-order valence-corrected chi connectivity index (χ0v) is 19.2. The molecule has 0 bridgehead atoms. The Morgan fingerprint density at radius 2 is 2.03 bits per heavy atom.